The maximum Gasteiger partial charge on any atom is 0.159 e. The Balaban J connectivity index is 2.72. The first kappa shape index (κ1) is 20.6. The fourth-order valence-corrected chi connectivity index (χ4v) is 2.17. The van der Waals surface area contributed by atoms with E-state index in [0.717, 1.165) is 0 Å². The van der Waals surface area contributed by atoms with Gasteiger partial charge in [-0.1, -0.05) is 0 Å². The number of rotatable bonds is 13. The van der Waals surface area contributed by atoms with E-state index >= 15 is 0 Å². The van der Waals surface area contributed by atoms with Crippen molar-refractivity contribution in [1.82, 2.24) is 5.48 Å². The van der Waals surface area contributed by atoms with Gasteiger partial charge in [-0.15, -0.1) is 0 Å². The molecular formula is C13H27NO9. The van der Waals surface area contributed by atoms with Crippen LogP contribution >= 0.6 is 0 Å². The second-order valence-electron chi connectivity index (χ2n) is 4.69. The number of hydrogen-bond donors (Lipinski definition) is 5. The Bertz CT molecular complexity index is 284. The monoisotopic (exact) mass is 341 g/mol. The van der Waals surface area contributed by atoms with Gasteiger partial charge in [0.15, 0.2) is 6.23 Å². The van der Waals surface area contributed by atoms with E-state index in [9.17, 15) is 0 Å². The van der Waals surface area contributed by atoms with Crippen LogP contribution in [0.5, 0.6) is 0 Å². The van der Waals surface area contributed by atoms with Crippen molar-refractivity contribution in [2.24, 2.45) is 0 Å². The van der Waals surface area contributed by atoms with Crippen molar-refractivity contribution in [2.45, 2.75) is 24.5 Å². The largest absolute Gasteiger partial charge is 0.394 e. The summed E-state index contributed by atoms with van der Waals surface area (Å²) in [7, 11) is 0. The zero-order valence-electron chi connectivity index (χ0n) is 13.0. The van der Waals surface area contributed by atoms with Gasteiger partial charge in [-0.2, -0.15) is 5.48 Å². The average Bonchev–Trinajstić information content (AvgIpc) is 2.57. The highest BCUT2D eigenvalue weighted by Crippen LogP contribution is 2.22. The van der Waals surface area contributed by atoms with Crippen molar-refractivity contribution >= 4 is 0 Å². The lowest BCUT2D eigenvalue weighted by molar-refractivity contribution is -0.261. The fraction of sp³-hybridized carbons (Fsp3) is 1.00. The summed E-state index contributed by atoms with van der Waals surface area (Å²) in [5.41, 5.74) is 2.63. The predicted molar refractivity (Wildman–Crippen MR) is 76.4 cm³/mol. The summed E-state index contributed by atoms with van der Waals surface area (Å²) in [6.45, 7) is -0.190. The molecule has 23 heavy (non-hydrogen) atoms. The lowest BCUT2D eigenvalue weighted by atomic mass is 10.0. The maximum absolute atomic E-state index is 8.97. The Kier molecular flexibility index (Phi) is 11.6. The van der Waals surface area contributed by atoms with Crippen molar-refractivity contribution in [3.63, 3.8) is 0 Å². The van der Waals surface area contributed by atoms with Crippen LogP contribution in [0.3, 0.4) is 0 Å². The number of hydroxylamine groups is 1. The molecule has 0 aromatic carbocycles. The third-order valence-corrected chi connectivity index (χ3v) is 3.05. The molecule has 1 rings (SSSR count). The number of ether oxygens (including phenoxy) is 4. The highest BCUT2D eigenvalue weighted by atomic mass is 16.7. The van der Waals surface area contributed by atoms with Crippen LogP contribution in [-0.4, -0.2) is 104 Å². The summed E-state index contributed by atoms with van der Waals surface area (Å²) in [6, 6.07) is 0. The van der Waals surface area contributed by atoms with Crippen LogP contribution in [0, 0.1) is 0 Å². The first-order valence-electron chi connectivity index (χ1n) is 7.55. The molecule has 0 spiro atoms. The van der Waals surface area contributed by atoms with Gasteiger partial charge in [-0.3, -0.25) is 4.84 Å². The van der Waals surface area contributed by atoms with Crippen molar-refractivity contribution in [2.75, 3.05) is 59.5 Å². The molecule has 138 valence electrons. The number of hydrogen-bond acceptors (Lipinski definition) is 10. The molecule has 0 aromatic rings. The summed E-state index contributed by atoms with van der Waals surface area (Å²) in [5, 5.41) is 35.6. The first-order valence-corrected chi connectivity index (χ1v) is 7.55. The second kappa shape index (κ2) is 13.0. The summed E-state index contributed by atoms with van der Waals surface area (Å²) >= 11 is 0. The highest BCUT2D eigenvalue weighted by Gasteiger charge is 2.43. The Labute approximate surface area is 134 Å². The standard InChI is InChI=1S/C13H27NO9/c15-1-5-19-10-9-22-13(14-23-8-4-18)12(21-7-3-17)11(10)20-6-2-16/h10-18H,1-9H2. The molecule has 1 aliphatic heterocycles. The van der Waals surface area contributed by atoms with Gasteiger partial charge in [-0.05, 0) is 0 Å². The van der Waals surface area contributed by atoms with Crippen LogP contribution in [0.25, 0.3) is 0 Å². The fourth-order valence-electron chi connectivity index (χ4n) is 2.17. The molecule has 1 heterocycles. The molecule has 10 heteroatoms. The molecule has 4 atom stereocenters. The SMILES string of the molecule is OCCONC1OCC(OCCO)C(OCCO)C1OCCO. The molecule has 1 aliphatic rings. The molecule has 0 radical (unpaired) electrons. The van der Waals surface area contributed by atoms with Crippen molar-refractivity contribution < 1.29 is 44.2 Å². The molecule has 1 fully saturated rings. The average molecular weight is 341 g/mol. The number of aliphatic hydroxyl groups excluding tert-OH is 4. The third-order valence-electron chi connectivity index (χ3n) is 3.05. The summed E-state index contributed by atoms with van der Waals surface area (Å²) < 4.78 is 22.2. The molecule has 0 bridgehead atoms. The van der Waals surface area contributed by atoms with E-state index in [-0.39, 0.29) is 59.5 Å². The lowest BCUT2D eigenvalue weighted by Gasteiger charge is -2.41. The minimum atomic E-state index is -0.703. The predicted octanol–water partition coefficient (Wildman–Crippen LogP) is -3.01. The second-order valence-corrected chi connectivity index (χ2v) is 4.69. The van der Waals surface area contributed by atoms with E-state index in [2.05, 4.69) is 5.48 Å². The van der Waals surface area contributed by atoms with Gasteiger partial charge in [0.25, 0.3) is 0 Å². The lowest BCUT2D eigenvalue weighted by Crippen LogP contribution is -2.60. The van der Waals surface area contributed by atoms with Crippen LogP contribution in [0.1, 0.15) is 0 Å². The van der Waals surface area contributed by atoms with Crippen molar-refractivity contribution in [3.8, 4) is 0 Å². The Morgan fingerprint density at radius 3 is 1.96 bits per heavy atom. The van der Waals surface area contributed by atoms with Gasteiger partial charge in [0.05, 0.1) is 59.5 Å². The molecule has 0 aliphatic carbocycles. The third kappa shape index (κ3) is 7.35. The topological polar surface area (TPSA) is 139 Å². The van der Waals surface area contributed by atoms with E-state index < -0.39 is 24.5 Å². The molecular weight excluding hydrogens is 314 g/mol. The van der Waals surface area contributed by atoms with E-state index in [1.54, 1.807) is 0 Å². The van der Waals surface area contributed by atoms with Gasteiger partial charge >= 0.3 is 0 Å². The number of aliphatic hydroxyl groups is 4. The van der Waals surface area contributed by atoms with Crippen molar-refractivity contribution in [1.29, 1.82) is 0 Å². The van der Waals surface area contributed by atoms with Crippen molar-refractivity contribution in [3.05, 3.63) is 0 Å². The highest BCUT2D eigenvalue weighted by molar-refractivity contribution is 4.88. The summed E-state index contributed by atoms with van der Waals surface area (Å²) in [4.78, 5) is 5.05. The Morgan fingerprint density at radius 2 is 1.35 bits per heavy atom. The smallest absolute Gasteiger partial charge is 0.159 e. The van der Waals surface area contributed by atoms with Gasteiger partial charge < -0.3 is 39.4 Å². The summed E-state index contributed by atoms with van der Waals surface area (Å²) in [6.07, 6.45) is -2.48. The number of nitrogens with one attached hydrogen (secondary N) is 1. The summed E-state index contributed by atoms with van der Waals surface area (Å²) in [5.74, 6) is 0. The van der Waals surface area contributed by atoms with Crippen LogP contribution < -0.4 is 5.48 Å². The van der Waals surface area contributed by atoms with Gasteiger partial charge in [-0.25, -0.2) is 0 Å². The minimum absolute atomic E-state index is 0.0535. The van der Waals surface area contributed by atoms with Crippen LogP contribution in [-0.2, 0) is 23.8 Å². The van der Waals surface area contributed by atoms with E-state index in [0.29, 0.717) is 0 Å². The molecule has 1 saturated heterocycles. The molecule has 4 unspecified atom stereocenters. The maximum atomic E-state index is 8.97. The van der Waals surface area contributed by atoms with Gasteiger partial charge in [0, 0.05) is 0 Å². The van der Waals surface area contributed by atoms with E-state index in [4.69, 9.17) is 44.2 Å². The molecule has 0 amide bonds. The normalized spacial score (nSPS) is 28.2. The minimum Gasteiger partial charge on any atom is -0.394 e. The van der Waals surface area contributed by atoms with E-state index in [1.165, 1.54) is 0 Å². The Morgan fingerprint density at radius 1 is 0.783 bits per heavy atom. The van der Waals surface area contributed by atoms with Crippen LogP contribution in [0.15, 0.2) is 0 Å². The zero-order valence-corrected chi connectivity index (χ0v) is 13.0. The first-order chi connectivity index (χ1) is 11.3. The zero-order chi connectivity index (χ0) is 16.9. The molecule has 10 nitrogen and oxygen atoms in total. The molecule has 0 saturated carbocycles. The van der Waals surface area contributed by atoms with Crippen LogP contribution in [0.4, 0.5) is 0 Å². The van der Waals surface area contributed by atoms with E-state index in [1.807, 2.05) is 0 Å². The molecule has 0 aromatic heterocycles. The van der Waals surface area contributed by atoms with Gasteiger partial charge in [0.2, 0.25) is 0 Å². The molecule has 5 N–H and O–H groups in total. The quantitative estimate of drug-likeness (QED) is 0.174. The van der Waals surface area contributed by atoms with Crippen LogP contribution in [0.2, 0.25) is 0 Å². The van der Waals surface area contributed by atoms with Gasteiger partial charge in [0.1, 0.15) is 18.3 Å². The Hall–Kier alpha value is -0.400.